The van der Waals surface area contributed by atoms with Crippen molar-refractivity contribution in [1.82, 2.24) is 0 Å². The third-order valence-electron chi connectivity index (χ3n) is 2.97. The van der Waals surface area contributed by atoms with Gasteiger partial charge in [-0.25, -0.2) is 0 Å². The van der Waals surface area contributed by atoms with Crippen molar-refractivity contribution in [2.45, 2.75) is 39.0 Å². The lowest BCUT2D eigenvalue weighted by atomic mass is 9.79. The van der Waals surface area contributed by atoms with Crippen molar-refractivity contribution in [2.24, 2.45) is 0 Å². The van der Waals surface area contributed by atoms with E-state index in [1.165, 1.54) is 0 Å². The van der Waals surface area contributed by atoms with Crippen LogP contribution in [0.2, 0.25) is 0 Å². The minimum atomic E-state index is -0.769. The second kappa shape index (κ2) is 4.47. The highest BCUT2D eigenvalue weighted by molar-refractivity contribution is 5.71. The summed E-state index contributed by atoms with van der Waals surface area (Å²) >= 11 is 0. The maximum Gasteiger partial charge on any atom is 0.307 e. The molecule has 0 atom stereocenters. The van der Waals surface area contributed by atoms with Gasteiger partial charge in [-0.3, -0.25) is 4.79 Å². The van der Waals surface area contributed by atoms with Crippen LogP contribution in [0.3, 0.4) is 0 Å². The number of carbonyl (C=O) groups is 1. The summed E-state index contributed by atoms with van der Waals surface area (Å²) in [5.74, 6) is -0.769. The first kappa shape index (κ1) is 11.8. The van der Waals surface area contributed by atoms with Gasteiger partial charge in [0.2, 0.25) is 0 Å². The van der Waals surface area contributed by atoms with Crippen molar-refractivity contribution in [2.75, 3.05) is 0 Å². The fraction of sp³-hybridized carbons (Fsp3) is 0.462. The van der Waals surface area contributed by atoms with Gasteiger partial charge in [0.05, 0.1) is 6.42 Å². The van der Waals surface area contributed by atoms with Crippen molar-refractivity contribution >= 4 is 5.97 Å². The van der Waals surface area contributed by atoms with E-state index in [1.54, 1.807) is 0 Å². The van der Waals surface area contributed by atoms with Crippen LogP contribution in [-0.2, 0) is 16.6 Å². The number of carboxylic acid groups (broad SMARTS) is 1. The van der Waals surface area contributed by atoms with Crippen molar-refractivity contribution < 1.29 is 9.90 Å². The second-order valence-corrected chi connectivity index (χ2v) is 4.47. The second-order valence-electron chi connectivity index (χ2n) is 4.47. The van der Waals surface area contributed by atoms with Crippen LogP contribution < -0.4 is 0 Å². The Balaban J connectivity index is 3.11. The average Bonchev–Trinajstić information content (AvgIpc) is 2.17. The molecule has 2 heteroatoms. The summed E-state index contributed by atoms with van der Waals surface area (Å²) in [6.45, 7) is 6.42. The number of rotatable bonds is 4. The van der Waals surface area contributed by atoms with Gasteiger partial charge in [0, 0.05) is 0 Å². The Hall–Kier alpha value is -1.31. The van der Waals surface area contributed by atoms with E-state index < -0.39 is 5.97 Å². The van der Waals surface area contributed by atoms with Crippen molar-refractivity contribution in [1.29, 1.82) is 0 Å². The Morgan fingerprint density at radius 3 is 2.47 bits per heavy atom. The highest BCUT2D eigenvalue weighted by Gasteiger charge is 2.21. The standard InChI is InChI=1S/C13H18O2/c1-4-13(2,3)11-8-6-5-7-10(11)9-12(14)15/h5-8H,4,9H2,1-3H3,(H,14,15). The quantitative estimate of drug-likeness (QED) is 0.822. The smallest absolute Gasteiger partial charge is 0.307 e. The molecule has 0 aliphatic rings. The lowest BCUT2D eigenvalue weighted by molar-refractivity contribution is -0.136. The number of hydrogen-bond acceptors (Lipinski definition) is 1. The predicted molar refractivity (Wildman–Crippen MR) is 61.1 cm³/mol. The largest absolute Gasteiger partial charge is 0.481 e. The lowest BCUT2D eigenvalue weighted by Crippen LogP contribution is -2.19. The van der Waals surface area contributed by atoms with Gasteiger partial charge in [-0.15, -0.1) is 0 Å². The molecule has 82 valence electrons. The summed E-state index contributed by atoms with van der Waals surface area (Å²) in [6, 6.07) is 7.80. The Morgan fingerprint density at radius 1 is 1.33 bits per heavy atom. The molecule has 0 saturated heterocycles. The van der Waals surface area contributed by atoms with E-state index in [1.807, 2.05) is 24.3 Å². The molecule has 0 radical (unpaired) electrons. The zero-order valence-electron chi connectivity index (χ0n) is 9.58. The summed E-state index contributed by atoms with van der Waals surface area (Å²) in [5.41, 5.74) is 2.12. The molecule has 1 rings (SSSR count). The van der Waals surface area contributed by atoms with E-state index in [-0.39, 0.29) is 11.8 Å². The summed E-state index contributed by atoms with van der Waals surface area (Å²) in [5, 5.41) is 8.83. The third kappa shape index (κ3) is 2.82. The fourth-order valence-corrected chi connectivity index (χ4v) is 1.69. The Kier molecular flexibility index (Phi) is 3.51. The van der Waals surface area contributed by atoms with E-state index in [4.69, 9.17) is 5.11 Å². The molecular weight excluding hydrogens is 188 g/mol. The number of benzene rings is 1. The number of hydrogen-bond donors (Lipinski definition) is 1. The molecule has 0 aliphatic heterocycles. The SMILES string of the molecule is CCC(C)(C)c1ccccc1CC(=O)O. The zero-order chi connectivity index (χ0) is 11.5. The van der Waals surface area contributed by atoms with Crippen LogP contribution in [-0.4, -0.2) is 11.1 Å². The van der Waals surface area contributed by atoms with E-state index in [0.29, 0.717) is 0 Å². The molecule has 0 saturated carbocycles. The Bertz CT molecular complexity index is 353. The molecule has 0 fully saturated rings. The summed E-state index contributed by atoms with van der Waals surface area (Å²) < 4.78 is 0. The summed E-state index contributed by atoms with van der Waals surface area (Å²) in [4.78, 5) is 10.7. The summed E-state index contributed by atoms with van der Waals surface area (Å²) in [7, 11) is 0. The zero-order valence-corrected chi connectivity index (χ0v) is 9.58. The van der Waals surface area contributed by atoms with E-state index in [0.717, 1.165) is 17.5 Å². The van der Waals surface area contributed by atoms with Crippen LogP contribution in [0.25, 0.3) is 0 Å². The molecule has 0 unspecified atom stereocenters. The molecule has 2 nitrogen and oxygen atoms in total. The van der Waals surface area contributed by atoms with Gasteiger partial charge in [0.15, 0.2) is 0 Å². The van der Waals surface area contributed by atoms with Crippen LogP contribution in [0.4, 0.5) is 0 Å². The van der Waals surface area contributed by atoms with Crippen LogP contribution in [0.1, 0.15) is 38.3 Å². The highest BCUT2D eigenvalue weighted by Crippen LogP contribution is 2.29. The highest BCUT2D eigenvalue weighted by atomic mass is 16.4. The van der Waals surface area contributed by atoms with Crippen LogP contribution in [0, 0.1) is 0 Å². The fourth-order valence-electron chi connectivity index (χ4n) is 1.69. The summed E-state index contributed by atoms with van der Waals surface area (Å²) in [6.07, 6.45) is 1.11. The number of aliphatic carboxylic acids is 1. The van der Waals surface area contributed by atoms with Gasteiger partial charge < -0.3 is 5.11 Å². The molecule has 1 aromatic rings. The monoisotopic (exact) mass is 206 g/mol. The van der Waals surface area contributed by atoms with E-state index in [2.05, 4.69) is 20.8 Å². The van der Waals surface area contributed by atoms with Gasteiger partial charge in [0.25, 0.3) is 0 Å². The van der Waals surface area contributed by atoms with Gasteiger partial charge in [-0.2, -0.15) is 0 Å². The molecular formula is C13H18O2. The van der Waals surface area contributed by atoms with Gasteiger partial charge in [-0.1, -0.05) is 45.0 Å². The average molecular weight is 206 g/mol. The van der Waals surface area contributed by atoms with Crippen molar-refractivity contribution in [3.63, 3.8) is 0 Å². The first-order valence-electron chi connectivity index (χ1n) is 5.27. The topological polar surface area (TPSA) is 37.3 Å². The normalized spacial score (nSPS) is 11.4. The molecule has 15 heavy (non-hydrogen) atoms. The number of carboxylic acids is 1. The lowest BCUT2D eigenvalue weighted by Gasteiger charge is -2.25. The molecule has 0 heterocycles. The van der Waals surface area contributed by atoms with E-state index in [9.17, 15) is 4.79 Å². The van der Waals surface area contributed by atoms with E-state index >= 15 is 0 Å². The Morgan fingerprint density at radius 2 is 1.93 bits per heavy atom. The van der Waals surface area contributed by atoms with Crippen LogP contribution in [0.5, 0.6) is 0 Å². The first-order chi connectivity index (χ1) is 6.97. The molecule has 0 amide bonds. The van der Waals surface area contributed by atoms with Gasteiger partial charge >= 0.3 is 5.97 Å². The van der Waals surface area contributed by atoms with Crippen molar-refractivity contribution in [3.05, 3.63) is 35.4 Å². The minimum absolute atomic E-state index is 0.0477. The third-order valence-corrected chi connectivity index (χ3v) is 2.97. The van der Waals surface area contributed by atoms with Crippen LogP contribution >= 0.6 is 0 Å². The Labute approximate surface area is 90.9 Å². The van der Waals surface area contributed by atoms with Gasteiger partial charge in [-0.05, 0) is 23.0 Å². The molecule has 0 spiro atoms. The maximum atomic E-state index is 10.7. The minimum Gasteiger partial charge on any atom is -0.481 e. The molecule has 1 aromatic carbocycles. The van der Waals surface area contributed by atoms with Crippen LogP contribution in [0.15, 0.2) is 24.3 Å². The van der Waals surface area contributed by atoms with Gasteiger partial charge in [0.1, 0.15) is 0 Å². The first-order valence-corrected chi connectivity index (χ1v) is 5.27. The van der Waals surface area contributed by atoms with Crippen molar-refractivity contribution in [3.8, 4) is 0 Å². The molecule has 0 bridgehead atoms. The molecule has 1 N–H and O–H groups in total. The maximum absolute atomic E-state index is 10.7. The molecule has 0 aromatic heterocycles. The predicted octanol–water partition coefficient (Wildman–Crippen LogP) is 3.00. The molecule has 0 aliphatic carbocycles.